The number of hydrogen-bond acceptors (Lipinski definition) is 3. The summed E-state index contributed by atoms with van der Waals surface area (Å²) in [6.45, 7) is 3.21. The highest BCUT2D eigenvalue weighted by molar-refractivity contribution is 5.98. The summed E-state index contributed by atoms with van der Waals surface area (Å²) in [5.74, 6) is -0.0349. The van der Waals surface area contributed by atoms with Gasteiger partial charge < -0.3 is 10.6 Å². The number of hydrogen-bond donors (Lipinski definition) is 1. The van der Waals surface area contributed by atoms with Crippen LogP contribution in [0.2, 0.25) is 0 Å². The van der Waals surface area contributed by atoms with Crippen LogP contribution in [-0.4, -0.2) is 27.1 Å². The van der Waals surface area contributed by atoms with Gasteiger partial charge in [0.15, 0.2) is 0 Å². The molecule has 0 aliphatic carbocycles. The lowest BCUT2D eigenvalue weighted by atomic mass is 10.0. The minimum atomic E-state index is -0.0349. The predicted molar refractivity (Wildman–Crippen MR) is 81.9 cm³/mol. The van der Waals surface area contributed by atoms with Crippen molar-refractivity contribution < 1.29 is 4.79 Å². The van der Waals surface area contributed by atoms with E-state index in [0.29, 0.717) is 23.6 Å². The maximum absolute atomic E-state index is 12.8. The molecule has 1 aliphatic heterocycles. The van der Waals surface area contributed by atoms with Gasteiger partial charge in [0.05, 0.1) is 11.4 Å². The van der Waals surface area contributed by atoms with Crippen LogP contribution in [0.4, 0.5) is 5.69 Å². The lowest BCUT2D eigenvalue weighted by molar-refractivity contribution is 0.0736. The van der Waals surface area contributed by atoms with E-state index in [2.05, 4.69) is 23.3 Å². The number of aromatic nitrogens is 2. The van der Waals surface area contributed by atoms with E-state index in [4.69, 9.17) is 5.73 Å². The Kier molecular flexibility index (Phi) is 3.41. The van der Waals surface area contributed by atoms with Gasteiger partial charge >= 0.3 is 0 Å². The highest BCUT2D eigenvalue weighted by atomic mass is 16.2. The zero-order valence-corrected chi connectivity index (χ0v) is 12.5. The van der Waals surface area contributed by atoms with Crippen LogP contribution in [0.1, 0.15) is 33.7 Å². The van der Waals surface area contributed by atoms with E-state index in [9.17, 15) is 4.79 Å². The van der Waals surface area contributed by atoms with Gasteiger partial charge in [0.25, 0.3) is 5.91 Å². The molecule has 0 saturated carbocycles. The van der Waals surface area contributed by atoms with Crippen molar-refractivity contribution >= 4 is 11.6 Å². The Hall–Kier alpha value is -2.30. The largest absolute Gasteiger partial charge is 0.395 e. The number of nitrogens with two attached hydrogens (primary N) is 1. The number of rotatable bonds is 1. The van der Waals surface area contributed by atoms with Crippen LogP contribution < -0.4 is 5.73 Å². The van der Waals surface area contributed by atoms with Gasteiger partial charge in [0, 0.05) is 20.1 Å². The molecule has 1 amide bonds. The van der Waals surface area contributed by atoms with Crippen molar-refractivity contribution in [3.8, 4) is 0 Å². The number of fused-ring (bicyclic) bond motifs is 1. The zero-order valence-electron chi connectivity index (χ0n) is 12.5. The first-order valence-electron chi connectivity index (χ1n) is 7.23. The molecule has 2 N–H and O–H groups in total. The molecular formula is C16H20N4O. The van der Waals surface area contributed by atoms with Crippen LogP contribution >= 0.6 is 0 Å². The number of carbonyl (C=O) groups excluding carboxylic acids is 1. The third kappa shape index (κ3) is 2.39. The van der Waals surface area contributed by atoms with E-state index in [1.807, 2.05) is 17.9 Å². The lowest BCUT2D eigenvalue weighted by Crippen LogP contribution is -2.32. The Balaban J connectivity index is 1.92. The molecule has 0 spiro atoms. The molecule has 1 aliphatic rings. The van der Waals surface area contributed by atoms with Crippen molar-refractivity contribution in [3.63, 3.8) is 0 Å². The zero-order chi connectivity index (χ0) is 15.0. The van der Waals surface area contributed by atoms with Crippen molar-refractivity contribution in [2.24, 2.45) is 7.05 Å². The fourth-order valence-corrected chi connectivity index (χ4v) is 2.95. The van der Waals surface area contributed by atoms with Crippen molar-refractivity contribution in [2.75, 3.05) is 12.3 Å². The molecule has 1 aromatic heterocycles. The molecule has 2 heterocycles. The average molecular weight is 284 g/mol. The summed E-state index contributed by atoms with van der Waals surface area (Å²) in [6.07, 6.45) is 1.99. The van der Waals surface area contributed by atoms with Gasteiger partial charge in [-0.05, 0) is 30.9 Å². The normalized spacial score (nSPS) is 14.7. The quantitative estimate of drug-likeness (QED) is 0.870. The van der Waals surface area contributed by atoms with E-state index in [1.165, 1.54) is 11.1 Å². The maximum Gasteiger partial charge on any atom is 0.274 e. The summed E-state index contributed by atoms with van der Waals surface area (Å²) >= 11 is 0. The number of carbonyl (C=O) groups is 1. The number of nitrogen functional groups attached to an aromatic ring is 1. The van der Waals surface area contributed by atoms with E-state index in [0.717, 1.165) is 19.4 Å². The van der Waals surface area contributed by atoms with Gasteiger partial charge in [0.1, 0.15) is 5.69 Å². The number of benzene rings is 1. The molecule has 0 unspecified atom stereocenters. The Labute approximate surface area is 124 Å². The Bertz CT molecular complexity index is 690. The van der Waals surface area contributed by atoms with Crippen LogP contribution in [0.3, 0.4) is 0 Å². The fourth-order valence-electron chi connectivity index (χ4n) is 2.95. The SMILES string of the molecule is Cc1nn(C)c(C(=O)N2CCCc3ccccc3C2)c1N. The second kappa shape index (κ2) is 5.24. The number of anilines is 1. The summed E-state index contributed by atoms with van der Waals surface area (Å²) in [5.41, 5.74) is 10.3. The topological polar surface area (TPSA) is 64.2 Å². The second-order valence-corrected chi connectivity index (χ2v) is 5.57. The van der Waals surface area contributed by atoms with Crippen LogP contribution in [0, 0.1) is 6.92 Å². The minimum Gasteiger partial charge on any atom is -0.395 e. The smallest absolute Gasteiger partial charge is 0.274 e. The molecule has 0 saturated heterocycles. The molecule has 0 radical (unpaired) electrons. The van der Waals surface area contributed by atoms with Crippen LogP contribution in [0.15, 0.2) is 24.3 Å². The standard InChI is InChI=1S/C16H20N4O/c1-11-14(17)15(19(2)18-11)16(21)20-9-5-8-12-6-3-4-7-13(12)10-20/h3-4,6-7H,5,8-10,17H2,1-2H3. The fraction of sp³-hybridized carbons (Fsp3) is 0.375. The molecule has 110 valence electrons. The van der Waals surface area contributed by atoms with E-state index >= 15 is 0 Å². The van der Waals surface area contributed by atoms with Gasteiger partial charge in [-0.15, -0.1) is 0 Å². The molecule has 3 rings (SSSR count). The molecule has 0 fully saturated rings. The van der Waals surface area contributed by atoms with Gasteiger partial charge in [-0.1, -0.05) is 24.3 Å². The average Bonchev–Trinajstić information content (AvgIpc) is 2.66. The number of aryl methyl sites for hydroxylation is 3. The number of amides is 1. The van der Waals surface area contributed by atoms with Crippen LogP contribution in [-0.2, 0) is 20.0 Å². The van der Waals surface area contributed by atoms with E-state index in [-0.39, 0.29) is 5.91 Å². The predicted octanol–water partition coefficient (Wildman–Crippen LogP) is 1.90. The van der Waals surface area contributed by atoms with E-state index in [1.54, 1.807) is 11.7 Å². The van der Waals surface area contributed by atoms with Gasteiger partial charge in [-0.2, -0.15) is 5.10 Å². The first kappa shape index (κ1) is 13.7. The Morgan fingerprint density at radius 3 is 2.67 bits per heavy atom. The lowest BCUT2D eigenvalue weighted by Gasteiger charge is -2.21. The summed E-state index contributed by atoms with van der Waals surface area (Å²) < 4.78 is 1.59. The van der Waals surface area contributed by atoms with Gasteiger partial charge in [-0.3, -0.25) is 9.48 Å². The molecular weight excluding hydrogens is 264 g/mol. The number of nitrogens with zero attached hydrogens (tertiary/aromatic N) is 3. The monoisotopic (exact) mass is 284 g/mol. The van der Waals surface area contributed by atoms with Crippen molar-refractivity contribution in [2.45, 2.75) is 26.3 Å². The molecule has 1 aromatic carbocycles. The molecule has 2 aromatic rings. The van der Waals surface area contributed by atoms with Crippen molar-refractivity contribution in [1.29, 1.82) is 0 Å². The summed E-state index contributed by atoms with van der Waals surface area (Å²) in [5, 5.41) is 4.24. The molecule has 0 atom stereocenters. The molecule has 5 heteroatoms. The summed E-state index contributed by atoms with van der Waals surface area (Å²) in [7, 11) is 1.77. The highest BCUT2D eigenvalue weighted by Gasteiger charge is 2.25. The Morgan fingerprint density at radius 1 is 1.29 bits per heavy atom. The minimum absolute atomic E-state index is 0.0349. The molecule has 5 nitrogen and oxygen atoms in total. The highest BCUT2D eigenvalue weighted by Crippen LogP contribution is 2.23. The van der Waals surface area contributed by atoms with Crippen LogP contribution in [0.5, 0.6) is 0 Å². The first-order chi connectivity index (χ1) is 10.1. The Morgan fingerprint density at radius 2 is 2.00 bits per heavy atom. The molecule has 0 bridgehead atoms. The summed E-state index contributed by atoms with van der Waals surface area (Å²) in [4.78, 5) is 14.7. The molecule has 21 heavy (non-hydrogen) atoms. The van der Waals surface area contributed by atoms with Crippen molar-refractivity contribution in [1.82, 2.24) is 14.7 Å². The maximum atomic E-state index is 12.8. The summed E-state index contributed by atoms with van der Waals surface area (Å²) in [6, 6.07) is 8.32. The van der Waals surface area contributed by atoms with E-state index < -0.39 is 0 Å². The van der Waals surface area contributed by atoms with Gasteiger partial charge in [-0.25, -0.2) is 0 Å². The third-order valence-corrected chi connectivity index (χ3v) is 4.11. The van der Waals surface area contributed by atoms with Gasteiger partial charge in [0.2, 0.25) is 0 Å². The van der Waals surface area contributed by atoms with Crippen molar-refractivity contribution in [3.05, 3.63) is 46.8 Å². The van der Waals surface area contributed by atoms with Crippen LogP contribution in [0.25, 0.3) is 0 Å². The second-order valence-electron chi connectivity index (χ2n) is 5.57. The first-order valence-corrected chi connectivity index (χ1v) is 7.23. The third-order valence-electron chi connectivity index (χ3n) is 4.11.